The Hall–Kier alpha value is -2.58. The van der Waals surface area contributed by atoms with E-state index in [9.17, 15) is 0 Å². The Morgan fingerprint density at radius 1 is 1.35 bits per heavy atom. The summed E-state index contributed by atoms with van der Waals surface area (Å²) in [4.78, 5) is 8.07. The summed E-state index contributed by atoms with van der Waals surface area (Å²) < 4.78 is 1.59. The third-order valence-corrected chi connectivity index (χ3v) is 2.24. The first-order valence-corrected chi connectivity index (χ1v) is 5.04. The lowest BCUT2D eigenvalue weighted by Gasteiger charge is -2.04. The number of hydrogen-bond acceptors (Lipinski definition) is 7. The predicted molar refractivity (Wildman–Crippen MR) is 57.2 cm³/mol. The Morgan fingerprint density at radius 2 is 2.35 bits per heavy atom. The lowest BCUT2D eigenvalue weighted by Crippen LogP contribution is -2.10. The second-order valence-electron chi connectivity index (χ2n) is 3.35. The maximum absolute atomic E-state index is 4.04. The van der Waals surface area contributed by atoms with Crippen molar-refractivity contribution in [1.29, 1.82) is 0 Å². The van der Waals surface area contributed by atoms with E-state index in [4.69, 9.17) is 0 Å². The molecular weight excluding hydrogens is 222 g/mol. The molecule has 9 heteroatoms. The molecule has 17 heavy (non-hydrogen) atoms. The maximum Gasteiger partial charge on any atom is 0.199 e. The van der Waals surface area contributed by atoms with E-state index in [0.29, 0.717) is 12.2 Å². The van der Waals surface area contributed by atoms with E-state index < -0.39 is 0 Å². The summed E-state index contributed by atoms with van der Waals surface area (Å²) in [6.45, 7) is 0.690. The van der Waals surface area contributed by atoms with Crippen LogP contribution < -0.4 is 5.32 Å². The van der Waals surface area contributed by atoms with Gasteiger partial charge in [-0.2, -0.15) is 9.61 Å². The van der Waals surface area contributed by atoms with E-state index in [2.05, 4.69) is 41.0 Å². The molecule has 0 aromatic carbocycles. The number of anilines is 1. The van der Waals surface area contributed by atoms with Gasteiger partial charge in [0.15, 0.2) is 5.65 Å². The highest BCUT2D eigenvalue weighted by Gasteiger charge is 2.03. The number of rotatable bonds is 4. The van der Waals surface area contributed by atoms with Crippen molar-refractivity contribution in [2.45, 2.75) is 6.42 Å². The van der Waals surface area contributed by atoms with Gasteiger partial charge in [-0.15, -0.1) is 5.10 Å². The van der Waals surface area contributed by atoms with E-state index in [-0.39, 0.29) is 0 Å². The van der Waals surface area contributed by atoms with Crippen LogP contribution in [0.4, 0.5) is 5.82 Å². The van der Waals surface area contributed by atoms with Crippen molar-refractivity contribution >= 4 is 11.5 Å². The number of fused-ring (bicyclic) bond motifs is 1. The van der Waals surface area contributed by atoms with Gasteiger partial charge in [0.05, 0.1) is 12.4 Å². The number of tetrazole rings is 1. The Morgan fingerprint density at radius 3 is 3.24 bits per heavy atom. The lowest BCUT2D eigenvalue weighted by molar-refractivity contribution is 0.813. The van der Waals surface area contributed by atoms with Crippen LogP contribution in [-0.4, -0.2) is 46.8 Å². The van der Waals surface area contributed by atoms with E-state index >= 15 is 0 Å². The quantitative estimate of drug-likeness (QED) is 0.610. The van der Waals surface area contributed by atoms with Crippen molar-refractivity contribution in [3.05, 3.63) is 24.5 Å². The zero-order valence-electron chi connectivity index (χ0n) is 8.78. The molecule has 0 saturated heterocycles. The molecule has 2 N–H and O–H groups in total. The number of aromatic amines is 1. The monoisotopic (exact) mass is 231 g/mol. The van der Waals surface area contributed by atoms with Gasteiger partial charge in [0.2, 0.25) is 0 Å². The van der Waals surface area contributed by atoms with Gasteiger partial charge in [-0.25, -0.2) is 4.98 Å². The van der Waals surface area contributed by atoms with Crippen LogP contribution >= 0.6 is 0 Å². The molecule has 3 rings (SSSR count). The lowest BCUT2D eigenvalue weighted by atomic mass is 10.4. The molecule has 3 heterocycles. The molecule has 0 aliphatic carbocycles. The van der Waals surface area contributed by atoms with Crippen molar-refractivity contribution in [1.82, 2.24) is 40.2 Å². The zero-order chi connectivity index (χ0) is 11.5. The average Bonchev–Trinajstić information content (AvgIpc) is 2.99. The largest absolute Gasteiger partial charge is 0.368 e. The van der Waals surface area contributed by atoms with Gasteiger partial charge >= 0.3 is 0 Å². The van der Waals surface area contributed by atoms with Gasteiger partial charge < -0.3 is 5.32 Å². The average molecular weight is 231 g/mol. The van der Waals surface area contributed by atoms with Crippen LogP contribution in [-0.2, 0) is 6.42 Å². The molecule has 0 amide bonds. The van der Waals surface area contributed by atoms with Crippen LogP contribution in [0.1, 0.15) is 5.82 Å². The standard InChI is InChI=1S/C8H9N9/c1(6-11-5-12-13-6)2-10-7-3-9-4-8-14-15-16-17(7)8/h3-5,10H,1-2H2,(H,11,12,13). The fourth-order valence-corrected chi connectivity index (χ4v) is 1.46. The molecule has 0 saturated carbocycles. The molecule has 0 atom stereocenters. The van der Waals surface area contributed by atoms with Gasteiger partial charge in [0, 0.05) is 13.0 Å². The smallest absolute Gasteiger partial charge is 0.199 e. The van der Waals surface area contributed by atoms with Crippen molar-refractivity contribution in [3.63, 3.8) is 0 Å². The van der Waals surface area contributed by atoms with Gasteiger partial charge in [-0.1, -0.05) is 0 Å². The van der Waals surface area contributed by atoms with Gasteiger partial charge in [0.1, 0.15) is 18.0 Å². The minimum Gasteiger partial charge on any atom is -0.368 e. The Balaban J connectivity index is 1.70. The SMILES string of the molecule is c1n[nH]c(CCNc2cncc3nnnn23)n1. The molecular formula is C8H9N9. The first-order chi connectivity index (χ1) is 8.43. The number of H-pyrrole nitrogens is 1. The highest BCUT2D eigenvalue weighted by molar-refractivity contribution is 5.43. The summed E-state index contributed by atoms with van der Waals surface area (Å²) in [6.07, 6.45) is 5.49. The molecule has 0 aliphatic rings. The molecule has 3 aromatic rings. The van der Waals surface area contributed by atoms with Gasteiger partial charge in [-0.3, -0.25) is 10.1 Å². The molecule has 0 radical (unpaired) electrons. The van der Waals surface area contributed by atoms with Crippen LogP contribution in [0, 0.1) is 0 Å². The summed E-state index contributed by atoms with van der Waals surface area (Å²) in [5.41, 5.74) is 0.606. The van der Waals surface area contributed by atoms with Crippen molar-refractivity contribution in [3.8, 4) is 0 Å². The first-order valence-electron chi connectivity index (χ1n) is 5.04. The molecule has 0 aliphatic heterocycles. The number of nitrogens with one attached hydrogen (secondary N) is 2. The summed E-state index contributed by atoms with van der Waals surface area (Å²) in [6, 6.07) is 0. The molecule has 0 unspecified atom stereocenters. The second kappa shape index (κ2) is 4.12. The molecule has 0 spiro atoms. The summed E-state index contributed by atoms with van der Waals surface area (Å²) in [7, 11) is 0. The topological polar surface area (TPSA) is 110 Å². The summed E-state index contributed by atoms with van der Waals surface area (Å²) in [5, 5.41) is 21.0. The second-order valence-corrected chi connectivity index (χ2v) is 3.35. The van der Waals surface area contributed by atoms with Crippen molar-refractivity contribution in [2.24, 2.45) is 0 Å². The van der Waals surface area contributed by atoms with Gasteiger partial charge in [0.25, 0.3) is 0 Å². The van der Waals surface area contributed by atoms with E-state index in [1.165, 1.54) is 6.33 Å². The van der Waals surface area contributed by atoms with Crippen LogP contribution in [0.5, 0.6) is 0 Å². The van der Waals surface area contributed by atoms with Crippen molar-refractivity contribution < 1.29 is 0 Å². The fraction of sp³-hybridized carbons (Fsp3) is 0.250. The molecule has 86 valence electrons. The molecule has 3 aromatic heterocycles. The molecule has 0 bridgehead atoms. The predicted octanol–water partition coefficient (Wildman–Crippen LogP) is -0.708. The minimum absolute atomic E-state index is 0.606. The third kappa shape index (κ3) is 1.89. The Bertz CT molecular complexity index is 598. The van der Waals surface area contributed by atoms with Crippen LogP contribution in [0.2, 0.25) is 0 Å². The molecule has 9 nitrogen and oxygen atoms in total. The Labute approximate surface area is 95.3 Å². The first kappa shape index (κ1) is 9.63. The van der Waals surface area contributed by atoms with Crippen LogP contribution in [0.15, 0.2) is 18.7 Å². The summed E-state index contributed by atoms with van der Waals surface area (Å²) in [5.74, 6) is 1.57. The Kier molecular flexibility index (Phi) is 2.33. The third-order valence-electron chi connectivity index (χ3n) is 2.24. The highest BCUT2D eigenvalue weighted by Crippen LogP contribution is 2.05. The zero-order valence-corrected chi connectivity index (χ0v) is 8.78. The van der Waals surface area contributed by atoms with E-state index in [1.807, 2.05) is 0 Å². The van der Waals surface area contributed by atoms with Gasteiger partial charge in [-0.05, 0) is 10.4 Å². The van der Waals surface area contributed by atoms with Crippen LogP contribution in [0.25, 0.3) is 5.65 Å². The van der Waals surface area contributed by atoms with E-state index in [0.717, 1.165) is 18.1 Å². The fourth-order valence-electron chi connectivity index (χ4n) is 1.46. The molecule has 0 fully saturated rings. The van der Waals surface area contributed by atoms with E-state index in [1.54, 1.807) is 16.9 Å². The van der Waals surface area contributed by atoms with Crippen molar-refractivity contribution in [2.75, 3.05) is 11.9 Å². The normalized spacial score (nSPS) is 10.8. The number of nitrogens with zero attached hydrogens (tertiary/aromatic N) is 7. The number of hydrogen-bond donors (Lipinski definition) is 2. The minimum atomic E-state index is 0.606. The summed E-state index contributed by atoms with van der Waals surface area (Å²) >= 11 is 0. The number of aromatic nitrogens is 8. The maximum atomic E-state index is 4.04. The van der Waals surface area contributed by atoms with Crippen LogP contribution in [0.3, 0.4) is 0 Å². The highest BCUT2D eigenvalue weighted by atomic mass is 15.5.